The van der Waals surface area contributed by atoms with Crippen LogP contribution in [0.3, 0.4) is 0 Å². The maximum Gasteiger partial charge on any atom is 0.265 e. The third-order valence-corrected chi connectivity index (χ3v) is 8.07. The van der Waals surface area contributed by atoms with Gasteiger partial charge in [-0.2, -0.15) is 4.31 Å². The second kappa shape index (κ2) is 8.55. The van der Waals surface area contributed by atoms with E-state index in [9.17, 15) is 18.0 Å². The van der Waals surface area contributed by atoms with E-state index in [2.05, 4.69) is 10.6 Å². The van der Waals surface area contributed by atoms with Crippen molar-refractivity contribution in [1.82, 2.24) is 9.62 Å². The molecule has 0 unspecified atom stereocenters. The highest BCUT2D eigenvalue weighted by Gasteiger charge is 2.40. The predicted molar refractivity (Wildman–Crippen MR) is 120 cm³/mol. The van der Waals surface area contributed by atoms with E-state index in [1.54, 1.807) is 19.9 Å². The Morgan fingerprint density at radius 3 is 2.72 bits per heavy atom. The molecule has 2 aliphatic heterocycles. The molecular weight excluding hydrogens is 430 g/mol. The molecule has 0 radical (unpaired) electrons. The van der Waals surface area contributed by atoms with Gasteiger partial charge in [-0.25, -0.2) is 8.42 Å². The molecule has 2 atom stereocenters. The van der Waals surface area contributed by atoms with Crippen molar-refractivity contribution in [3.05, 3.63) is 53.1 Å². The molecule has 4 rings (SSSR count). The van der Waals surface area contributed by atoms with Gasteiger partial charge in [0.2, 0.25) is 15.9 Å². The molecule has 2 aromatic rings. The first-order valence-corrected chi connectivity index (χ1v) is 12.1. The summed E-state index contributed by atoms with van der Waals surface area (Å²) in [6, 6.07) is 10.0. The first-order chi connectivity index (χ1) is 15.2. The number of anilines is 1. The van der Waals surface area contributed by atoms with Crippen molar-refractivity contribution in [2.24, 2.45) is 0 Å². The monoisotopic (exact) mass is 457 g/mol. The number of ether oxygens (including phenoxy) is 1. The summed E-state index contributed by atoms with van der Waals surface area (Å²) < 4.78 is 33.9. The minimum Gasteiger partial charge on any atom is -0.479 e. The van der Waals surface area contributed by atoms with Crippen LogP contribution in [0.4, 0.5) is 5.69 Å². The third-order valence-electron chi connectivity index (χ3n) is 6.02. The molecule has 32 heavy (non-hydrogen) atoms. The Morgan fingerprint density at radius 1 is 1.22 bits per heavy atom. The van der Waals surface area contributed by atoms with Crippen LogP contribution >= 0.6 is 0 Å². The Bertz CT molecular complexity index is 1180. The highest BCUT2D eigenvalue weighted by Crippen LogP contribution is 2.37. The lowest BCUT2D eigenvalue weighted by molar-refractivity contribution is -0.124. The number of rotatable bonds is 5. The zero-order chi connectivity index (χ0) is 23.0. The molecule has 1 fully saturated rings. The summed E-state index contributed by atoms with van der Waals surface area (Å²) in [5, 5.41) is 5.62. The van der Waals surface area contributed by atoms with E-state index >= 15 is 0 Å². The van der Waals surface area contributed by atoms with Gasteiger partial charge in [-0.05, 0) is 56.4 Å². The summed E-state index contributed by atoms with van der Waals surface area (Å²) in [5.41, 5.74) is 2.98. The largest absolute Gasteiger partial charge is 0.479 e. The quantitative estimate of drug-likeness (QED) is 0.718. The number of hydrogen-bond acceptors (Lipinski definition) is 5. The topological polar surface area (TPSA) is 105 Å². The summed E-state index contributed by atoms with van der Waals surface area (Å²) in [6.45, 7) is 5.86. The molecule has 2 heterocycles. The Labute approximate surface area is 188 Å². The molecule has 2 N–H and O–H groups in total. The van der Waals surface area contributed by atoms with Crippen molar-refractivity contribution >= 4 is 27.5 Å². The number of nitrogens with zero attached hydrogens (tertiary/aromatic N) is 1. The Morgan fingerprint density at radius 2 is 1.97 bits per heavy atom. The van der Waals surface area contributed by atoms with Crippen LogP contribution in [0, 0.1) is 13.8 Å². The van der Waals surface area contributed by atoms with E-state index < -0.39 is 22.2 Å². The van der Waals surface area contributed by atoms with E-state index in [0.29, 0.717) is 36.4 Å². The lowest BCUT2D eigenvalue weighted by atomic mass is 10.1. The van der Waals surface area contributed by atoms with Crippen molar-refractivity contribution in [3.63, 3.8) is 0 Å². The molecule has 0 bridgehead atoms. The number of carbonyl (C=O) groups is 2. The fourth-order valence-corrected chi connectivity index (χ4v) is 6.03. The molecule has 2 amide bonds. The average Bonchev–Trinajstić information content (AvgIpc) is 3.25. The molecule has 8 nitrogen and oxygen atoms in total. The Balaban J connectivity index is 1.57. The number of carbonyl (C=O) groups excluding carboxylic acids is 2. The van der Waals surface area contributed by atoms with Gasteiger partial charge in [0.15, 0.2) is 6.10 Å². The standard InChI is InChI=1S/C23H27N3O5S/c1-14-7-4-5-8-17(14)13-24-23(28)19-9-6-10-26(19)32(29,30)21-12-20-18(11-15(21)2)25-22(27)16(3)31-20/h4-5,7-8,11-12,16,19H,6,9-10,13H2,1-3H3,(H,24,28)(H,25,27)/t16-,19-/m0/s1. The number of amides is 2. The molecule has 2 aromatic carbocycles. The van der Waals surface area contributed by atoms with Crippen LogP contribution in [-0.4, -0.2) is 43.2 Å². The lowest BCUT2D eigenvalue weighted by Crippen LogP contribution is -2.45. The molecular formula is C23H27N3O5S. The smallest absolute Gasteiger partial charge is 0.265 e. The van der Waals surface area contributed by atoms with Crippen LogP contribution in [0.2, 0.25) is 0 Å². The van der Waals surface area contributed by atoms with Gasteiger partial charge in [-0.1, -0.05) is 24.3 Å². The number of aryl methyl sites for hydroxylation is 2. The first kappa shape index (κ1) is 22.3. The molecule has 9 heteroatoms. The second-order valence-corrected chi connectivity index (χ2v) is 10.1. The SMILES string of the molecule is Cc1ccccc1CNC(=O)[C@@H]1CCCN1S(=O)(=O)c1cc2c(cc1C)NC(=O)[C@H](C)O2. The van der Waals surface area contributed by atoms with Crippen LogP contribution < -0.4 is 15.4 Å². The van der Waals surface area contributed by atoms with Gasteiger partial charge >= 0.3 is 0 Å². The van der Waals surface area contributed by atoms with Crippen LogP contribution in [0.25, 0.3) is 0 Å². The van der Waals surface area contributed by atoms with E-state index in [0.717, 1.165) is 11.1 Å². The molecule has 0 aromatic heterocycles. The summed E-state index contributed by atoms with van der Waals surface area (Å²) in [6.07, 6.45) is 0.356. The second-order valence-electron chi connectivity index (χ2n) is 8.28. The fraction of sp³-hybridized carbons (Fsp3) is 0.391. The minimum atomic E-state index is -3.94. The van der Waals surface area contributed by atoms with E-state index in [4.69, 9.17) is 4.74 Å². The van der Waals surface area contributed by atoms with Gasteiger partial charge in [0.25, 0.3) is 5.91 Å². The zero-order valence-electron chi connectivity index (χ0n) is 18.3. The zero-order valence-corrected chi connectivity index (χ0v) is 19.2. The van der Waals surface area contributed by atoms with Gasteiger partial charge in [0.05, 0.1) is 10.6 Å². The van der Waals surface area contributed by atoms with Crippen molar-refractivity contribution in [2.45, 2.75) is 57.2 Å². The Kier molecular flexibility index (Phi) is 5.96. The highest BCUT2D eigenvalue weighted by atomic mass is 32.2. The third kappa shape index (κ3) is 4.10. The van der Waals surface area contributed by atoms with Crippen LogP contribution in [0.15, 0.2) is 41.3 Å². The number of nitrogens with one attached hydrogen (secondary N) is 2. The molecule has 0 spiro atoms. The highest BCUT2D eigenvalue weighted by molar-refractivity contribution is 7.89. The van der Waals surface area contributed by atoms with Gasteiger partial charge in [-0.3, -0.25) is 9.59 Å². The number of sulfonamides is 1. The fourth-order valence-electron chi connectivity index (χ4n) is 4.15. The van der Waals surface area contributed by atoms with Crippen molar-refractivity contribution in [1.29, 1.82) is 0 Å². The van der Waals surface area contributed by atoms with Crippen molar-refractivity contribution in [3.8, 4) is 5.75 Å². The predicted octanol–water partition coefficient (Wildman–Crippen LogP) is 2.49. The minimum absolute atomic E-state index is 0.0817. The number of fused-ring (bicyclic) bond motifs is 1. The molecule has 170 valence electrons. The normalized spacial score (nSPS) is 20.9. The van der Waals surface area contributed by atoms with Crippen LogP contribution in [-0.2, 0) is 26.2 Å². The summed E-state index contributed by atoms with van der Waals surface area (Å²) in [7, 11) is -3.94. The molecule has 2 aliphatic rings. The maximum atomic E-state index is 13.5. The molecule has 0 saturated carbocycles. The summed E-state index contributed by atoms with van der Waals surface area (Å²) in [4.78, 5) is 24.9. The number of hydrogen-bond donors (Lipinski definition) is 2. The van der Waals surface area contributed by atoms with Gasteiger partial charge in [0.1, 0.15) is 11.8 Å². The van der Waals surface area contributed by atoms with Crippen molar-refractivity contribution < 1.29 is 22.7 Å². The molecule has 0 aliphatic carbocycles. The van der Waals surface area contributed by atoms with Crippen LogP contribution in [0.5, 0.6) is 5.75 Å². The Hall–Kier alpha value is -2.91. The summed E-state index contributed by atoms with van der Waals surface area (Å²) in [5.74, 6) is -0.277. The maximum absolute atomic E-state index is 13.5. The van der Waals surface area contributed by atoms with Crippen LogP contribution in [0.1, 0.15) is 36.5 Å². The molecule has 1 saturated heterocycles. The average molecular weight is 458 g/mol. The van der Waals surface area contributed by atoms with Gasteiger partial charge in [-0.15, -0.1) is 0 Å². The summed E-state index contributed by atoms with van der Waals surface area (Å²) >= 11 is 0. The first-order valence-electron chi connectivity index (χ1n) is 10.6. The number of benzene rings is 2. The van der Waals surface area contributed by atoms with Crippen molar-refractivity contribution in [2.75, 3.05) is 11.9 Å². The van der Waals surface area contributed by atoms with E-state index in [1.165, 1.54) is 10.4 Å². The lowest BCUT2D eigenvalue weighted by Gasteiger charge is -2.27. The van der Waals surface area contributed by atoms with E-state index in [1.807, 2.05) is 31.2 Å². The van der Waals surface area contributed by atoms with Gasteiger partial charge < -0.3 is 15.4 Å². The van der Waals surface area contributed by atoms with E-state index in [-0.39, 0.29) is 23.3 Å². The van der Waals surface area contributed by atoms with Gasteiger partial charge in [0, 0.05) is 19.2 Å².